The SMILES string of the molecule is Cc1ccc(CN2[C]N(C)c3ccccc32)cc1.[Cl][Ag]. The standard InChI is InChI=1S/C16H16N2.Ag.ClH/c1-13-7-9-14(10-8-13)11-18-12-17(2)15-5-3-4-6-16(15)18;;/h3-10H,11H2,1-2H3;;1H/q;+1;/p-1. The van der Waals surface area contributed by atoms with Gasteiger partial charge in [0, 0.05) is 13.6 Å². The van der Waals surface area contributed by atoms with Gasteiger partial charge in [-0.15, -0.1) is 0 Å². The molecule has 4 heteroatoms. The number of fused-ring (bicyclic) bond motifs is 1. The fraction of sp³-hybridized carbons (Fsp3) is 0.188. The molecule has 0 N–H and O–H groups in total. The van der Waals surface area contributed by atoms with E-state index < -0.39 is 0 Å². The van der Waals surface area contributed by atoms with Crippen molar-refractivity contribution in [2.45, 2.75) is 13.5 Å². The van der Waals surface area contributed by atoms with E-state index in [0.29, 0.717) is 0 Å². The van der Waals surface area contributed by atoms with Gasteiger partial charge >= 0.3 is 29.2 Å². The van der Waals surface area contributed by atoms with Crippen LogP contribution in [-0.2, 0) is 26.5 Å². The number of para-hydroxylation sites is 2. The second kappa shape index (κ2) is 7.19. The van der Waals surface area contributed by atoms with Gasteiger partial charge in [0.15, 0.2) is 0 Å². The second-order valence-corrected chi connectivity index (χ2v) is 4.72. The van der Waals surface area contributed by atoms with Crippen LogP contribution in [0.15, 0.2) is 48.5 Å². The van der Waals surface area contributed by atoms with Crippen LogP contribution in [0, 0.1) is 13.6 Å². The van der Waals surface area contributed by atoms with E-state index in [1.165, 1.54) is 22.5 Å². The summed E-state index contributed by atoms with van der Waals surface area (Å²) in [7, 11) is 6.48. The van der Waals surface area contributed by atoms with Gasteiger partial charge in [-0.05, 0) is 24.6 Å². The molecule has 2 aromatic carbocycles. The van der Waals surface area contributed by atoms with Gasteiger partial charge in [-0.2, -0.15) is 0 Å². The Balaban J connectivity index is 0.000000704. The van der Waals surface area contributed by atoms with Crippen molar-refractivity contribution in [2.75, 3.05) is 16.8 Å². The summed E-state index contributed by atoms with van der Waals surface area (Å²) >= 11 is 2.42. The van der Waals surface area contributed by atoms with Crippen molar-refractivity contribution in [3.8, 4) is 0 Å². The minimum absolute atomic E-state index is 0.863. The molecule has 1 aliphatic rings. The van der Waals surface area contributed by atoms with Crippen molar-refractivity contribution in [3.63, 3.8) is 0 Å². The van der Waals surface area contributed by atoms with Crippen LogP contribution in [0.2, 0.25) is 0 Å². The van der Waals surface area contributed by atoms with Crippen LogP contribution in [0.1, 0.15) is 11.1 Å². The molecule has 2 aromatic rings. The van der Waals surface area contributed by atoms with Gasteiger partial charge in [-0.1, -0.05) is 42.0 Å². The van der Waals surface area contributed by atoms with Gasteiger partial charge in [0.2, 0.25) is 6.67 Å². The Labute approximate surface area is 137 Å². The van der Waals surface area contributed by atoms with Gasteiger partial charge in [0.1, 0.15) is 0 Å². The Morgan fingerprint density at radius 2 is 1.60 bits per heavy atom. The third-order valence-electron chi connectivity index (χ3n) is 3.27. The Morgan fingerprint density at radius 3 is 2.25 bits per heavy atom. The van der Waals surface area contributed by atoms with Crippen LogP contribution in [0.4, 0.5) is 11.4 Å². The monoisotopic (exact) mass is 378 g/mol. The van der Waals surface area contributed by atoms with E-state index in [0.717, 1.165) is 6.54 Å². The summed E-state index contributed by atoms with van der Waals surface area (Å²) in [5.41, 5.74) is 5.04. The Bertz CT molecular complexity index is 557. The van der Waals surface area contributed by atoms with Gasteiger partial charge < -0.3 is 9.80 Å². The van der Waals surface area contributed by atoms with Crippen molar-refractivity contribution in [1.82, 2.24) is 0 Å². The van der Waals surface area contributed by atoms with Gasteiger partial charge in [-0.25, -0.2) is 0 Å². The van der Waals surface area contributed by atoms with Crippen molar-refractivity contribution < 1.29 is 20.0 Å². The summed E-state index contributed by atoms with van der Waals surface area (Å²) < 4.78 is 0. The van der Waals surface area contributed by atoms with Crippen LogP contribution >= 0.6 is 9.19 Å². The molecule has 108 valence electrons. The van der Waals surface area contributed by atoms with Gasteiger partial charge in [-0.3, -0.25) is 0 Å². The first-order valence-corrected chi connectivity index (χ1v) is 8.18. The molecule has 1 heterocycles. The van der Waals surface area contributed by atoms with E-state index >= 15 is 0 Å². The molecule has 0 saturated carbocycles. The molecule has 0 aliphatic carbocycles. The quantitative estimate of drug-likeness (QED) is 0.724. The zero-order valence-electron chi connectivity index (χ0n) is 11.4. The molecule has 2 nitrogen and oxygen atoms in total. The van der Waals surface area contributed by atoms with Crippen LogP contribution in [-0.4, -0.2) is 7.05 Å². The number of nitrogens with zero attached hydrogens (tertiary/aromatic N) is 2. The number of halogens is 1. The summed E-state index contributed by atoms with van der Waals surface area (Å²) in [5.74, 6) is 0. The number of anilines is 2. The van der Waals surface area contributed by atoms with E-state index in [9.17, 15) is 0 Å². The van der Waals surface area contributed by atoms with E-state index in [-0.39, 0.29) is 0 Å². The number of rotatable bonds is 2. The van der Waals surface area contributed by atoms with E-state index in [4.69, 9.17) is 0 Å². The van der Waals surface area contributed by atoms with E-state index in [1.54, 1.807) is 0 Å². The van der Waals surface area contributed by atoms with Crippen molar-refractivity contribution >= 4 is 20.6 Å². The molecule has 2 radical (unpaired) electrons. The van der Waals surface area contributed by atoms with Crippen molar-refractivity contribution in [3.05, 3.63) is 66.3 Å². The van der Waals surface area contributed by atoms with Crippen molar-refractivity contribution in [1.29, 1.82) is 0 Å². The van der Waals surface area contributed by atoms with Crippen LogP contribution in [0.3, 0.4) is 0 Å². The Hall–Kier alpha value is -0.930. The van der Waals surface area contributed by atoms with E-state index in [1.807, 2.05) is 11.9 Å². The third-order valence-corrected chi connectivity index (χ3v) is 3.27. The summed E-state index contributed by atoms with van der Waals surface area (Å²) in [5, 5.41) is 0. The minimum atomic E-state index is 0.863. The summed E-state index contributed by atoms with van der Waals surface area (Å²) in [4.78, 5) is 4.21. The molecule has 3 rings (SSSR count). The van der Waals surface area contributed by atoms with Gasteiger partial charge in [0.05, 0.1) is 11.4 Å². The first-order chi connectivity index (χ1) is 9.74. The fourth-order valence-corrected chi connectivity index (χ4v) is 2.26. The number of hydrogen-bond acceptors (Lipinski definition) is 2. The first-order valence-electron chi connectivity index (χ1n) is 6.27. The molecule has 0 bridgehead atoms. The molecule has 0 fully saturated rings. The Kier molecular flexibility index (Phi) is 5.55. The molecular formula is C16H16AgClN2. The molecule has 20 heavy (non-hydrogen) atoms. The zero-order valence-corrected chi connectivity index (χ0v) is 13.6. The fourth-order valence-electron chi connectivity index (χ4n) is 2.26. The van der Waals surface area contributed by atoms with Crippen LogP contribution in [0.25, 0.3) is 0 Å². The molecule has 0 aromatic heterocycles. The number of hydrogen-bond donors (Lipinski definition) is 0. The molecule has 0 unspecified atom stereocenters. The second-order valence-electron chi connectivity index (χ2n) is 4.72. The molecule has 0 spiro atoms. The summed E-state index contributed by atoms with van der Waals surface area (Å²) in [6, 6.07) is 17.1. The van der Waals surface area contributed by atoms with Gasteiger partial charge in [0.25, 0.3) is 0 Å². The predicted octanol–water partition coefficient (Wildman–Crippen LogP) is 4.13. The van der Waals surface area contributed by atoms with Crippen LogP contribution in [0.5, 0.6) is 0 Å². The topological polar surface area (TPSA) is 6.48 Å². The molecular weight excluding hydrogens is 364 g/mol. The average Bonchev–Trinajstić information content (AvgIpc) is 2.81. The summed E-state index contributed by atoms with van der Waals surface area (Å²) in [6.07, 6.45) is 0. The maximum absolute atomic E-state index is 4.45. The van der Waals surface area contributed by atoms with Crippen molar-refractivity contribution in [2.24, 2.45) is 0 Å². The first kappa shape index (κ1) is 15.5. The maximum atomic E-state index is 4.45. The number of benzene rings is 2. The molecule has 0 atom stereocenters. The third kappa shape index (κ3) is 3.39. The van der Waals surface area contributed by atoms with Crippen LogP contribution < -0.4 is 9.80 Å². The molecule has 0 saturated heterocycles. The normalized spacial score (nSPS) is 12.8. The molecule has 1 aliphatic heterocycles. The summed E-state index contributed by atoms with van der Waals surface area (Å²) in [6.45, 7) is 6.32. The average molecular weight is 380 g/mol. The predicted molar refractivity (Wildman–Crippen MR) is 81.3 cm³/mol. The molecule has 0 amide bonds. The van der Waals surface area contributed by atoms with E-state index in [2.05, 4.69) is 96.2 Å². The Morgan fingerprint density at radius 1 is 1.00 bits per heavy atom. The number of aryl methyl sites for hydroxylation is 1. The zero-order chi connectivity index (χ0) is 14.5.